The van der Waals surface area contributed by atoms with Crippen molar-refractivity contribution in [3.8, 4) is 0 Å². The molecular weight excluding hydrogens is 428 g/mol. The maximum atomic E-state index is 13.1. The number of Topliss-reactive ketones (excluding diaryl/α,β-unsaturated/α-hetero) is 1. The number of aromatic nitrogens is 4. The van der Waals surface area contributed by atoms with Crippen LogP contribution in [0.5, 0.6) is 0 Å². The minimum Gasteiger partial charge on any atom is -0.467 e. The lowest BCUT2D eigenvalue weighted by atomic mass is 10.2. The molecule has 0 radical (unpaired) electrons. The van der Waals surface area contributed by atoms with Crippen LogP contribution in [0, 0.1) is 13.8 Å². The van der Waals surface area contributed by atoms with E-state index in [2.05, 4.69) is 36.8 Å². The van der Waals surface area contributed by atoms with Crippen molar-refractivity contribution in [2.75, 3.05) is 5.75 Å². The smallest absolute Gasteiger partial charge is 0.191 e. The van der Waals surface area contributed by atoms with E-state index in [4.69, 9.17) is 4.42 Å². The molecule has 0 bridgehead atoms. The summed E-state index contributed by atoms with van der Waals surface area (Å²) in [7, 11) is 0. The molecule has 4 heterocycles. The minimum atomic E-state index is 0.119. The van der Waals surface area contributed by atoms with Crippen LogP contribution in [0.4, 0.5) is 0 Å². The van der Waals surface area contributed by atoms with Crippen LogP contribution in [0.2, 0.25) is 0 Å². The molecule has 4 aromatic rings. The Bertz CT molecular complexity index is 1180. The molecule has 1 aliphatic rings. The number of carbonyl (C=O) groups excluding carboxylic acids is 1. The Balaban J connectivity index is 1.30. The molecule has 1 fully saturated rings. The summed E-state index contributed by atoms with van der Waals surface area (Å²) in [6.45, 7) is 4.66. The van der Waals surface area contributed by atoms with Crippen molar-refractivity contribution in [2.24, 2.45) is 0 Å². The van der Waals surface area contributed by atoms with E-state index < -0.39 is 0 Å². The molecular formula is C23H24N4O2S2. The summed E-state index contributed by atoms with van der Waals surface area (Å²) in [5.41, 5.74) is 2.80. The molecule has 0 atom stereocenters. The normalized spacial score (nSPS) is 13.7. The number of hydrogen-bond donors (Lipinski definition) is 0. The fourth-order valence-corrected chi connectivity index (χ4v) is 5.50. The third-order valence-electron chi connectivity index (χ3n) is 5.66. The van der Waals surface area contributed by atoms with Crippen molar-refractivity contribution >= 4 is 28.9 Å². The topological polar surface area (TPSA) is 65.8 Å². The highest BCUT2D eigenvalue weighted by molar-refractivity contribution is 7.99. The van der Waals surface area contributed by atoms with Gasteiger partial charge in [-0.25, -0.2) is 0 Å². The summed E-state index contributed by atoms with van der Waals surface area (Å²) in [6.07, 6.45) is 4.79. The highest BCUT2D eigenvalue weighted by atomic mass is 32.2. The van der Waals surface area contributed by atoms with E-state index in [-0.39, 0.29) is 5.78 Å². The Morgan fingerprint density at radius 2 is 2.13 bits per heavy atom. The largest absolute Gasteiger partial charge is 0.467 e. The number of aryl methyl sites for hydroxylation is 1. The molecule has 4 aromatic heterocycles. The van der Waals surface area contributed by atoms with Gasteiger partial charge in [0.2, 0.25) is 0 Å². The van der Waals surface area contributed by atoms with Crippen molar-refractivity contribution in [1.29, 1.82) is 0 Å². The molecule has 0 spiro atoms. The van der Waals surface area contributed by atoms with Gasteiger partial charge in [0.05, 0.1) is 18.6 Å². The third-order valence-corrected chi connectivity index (χ3v) is 7.48. The summed E-state index contributed by atoms with van der Waals surface area (Å²) < 4.78 is 9.85. The molecule has 1 saturated carbocycles. The highest BCUT2D eigenvalue weighted by Gasteiger charge is 2.30. The standard InChI is InChI=1S/C23H24N4O2S2/c1-15-11-20(16(2)26(15)13-18-5-3-9-29-18)21(28)14-31-23-25-24-22(27(23)17-7-8-17)12-19-6-4-10-30-19/h3-6,9-11,17H,7-8,12-14H2,1-2H3. The molecule has 1 aliphatic carbocycles. The fourth-order valence-electron chi connectivity index (χ4n) is 3.89. The van der Waals surface area contributed by atoms with Crippen LogP contribution in [0.1, 0.15) is 57.1 Å². The third kappa shape index (κ3) is 4.27. The van der Waals surface area contributed by atoms with Gasteiger partial charge in [-0.1, -0.05) is 17.8 Å². The predicted molar refractivity (Wildman–Crippen MR) is 122 cm³/mol. The van der Waals surface area contributed by atoms with Gasteiger partial charge in [0, 0.05) is 34.3 Å². The van der Waals surface area contributed by atoms with Crippen molar-refractivity contribution in [1.82, 2.24) is 19.3 Å². The summed E-state index contributed by atoms with van der Waals surface area (Å²) in [5, 5.41) is 11.8. The fraction of sp³-hybridized carbons (Fsp3) is 0.348. The predicted octanol–water partition coefficient (Wildman–Crippen LogP) is 5.30. The van der Waals surface area contributed by atoms with Gasteiger partial charge in [0.1, 0.15) is 11.6 Å². The zero-order valence-electron chi connectivity index (χ0n) is 17.6. The van der Waals surface area contributed by atoms with Gasteiger partial charge in [-0.15, -0.1) is 21.5 Å². The summed E-state index contributed by atoms with van der Waals surface area (Å²) in [4.78, 5) is 14.3. The second-order valence-corrected chi connectivity index (χ2v) is 9.89. The number of thioether (sulfide) groups is 1. The molecule has 5 rings (SSSR count). The molecule has 0 aromatic carbocycles. The summed E-state index contributed by atoms with van der Waals surface area (Å²) in [6, 6.07) is 10.5. The van der Waals surface area contributed by atoms with Crippen LogP contribution >= 0.6 is 23.1 Å². The van der Waals surface area contributed by atoms with E-state index in [9.17, 15) is 4.79 Å². The number of hydrogen-bond acceptors (Lipinski definition) is 6. The zero-order valence-corrected chi connectivity index (χ0v) is 19.2. The van der Waals surface area contributed by atoms with Crippen LogP contribution < -0.4 is 0 Å². The first-order chi connectivity index (χ1) is 15.1. The van der Waals surface area contributed by atoms with Gasteiger partial charge < -0.3 is 13.6 Å². The van der Waals surface area contributed by atoms with E-state index in [1.807, 2.05) is 32.0 Å². The van der Waals surface area contributed by atoms with E-state index in [1.54, 1.807) is 17.6 Å². The summed E-state index contributed by atoms with van der Waals surface area (Å²) >= 11 is 3.24. The lowest BCUT2D eigenvalue weighted by Crippen LogP contribution is -2.08. The molecule has 160 valence electrons. The SMILES string of the molecule is Cc1cc(C(=O)CSc2nnc(Cc3cccs3)n2C2CC2)c(C)n1Cc1ccco1. The number of furan rings is 1. The molecule has 0 N–H and O–H groups in total. The molecule has 8 heteroatoms. The first kappa shape index (κ1) is 20.3. The van der Waals surface area contributed by atoms with Crippen LogP contribution in [0.3, 0.4) is 0 Å². The number of carbonyl (C=O) groups is 1. The average Bonchev–Trinajstić information content (AvgIpc) is 3.15. The number of ketones is 1. The molecule has 0 saturated heterocycles. The van der Waals surface area contributed by atoms with Crippen molar-refractivity contribution in [3.63, 3.8) is 0 Å². The number of nitrogens with zero attached hydrogens (tertiary/aromatic N) is 4. The average molecular weight is 453 g/mol. The zero-order chi connectivity index (χ0) is 21.4. The van der Waals surface area contributed by atoms with E-state index in [0.29, 0.717) is 18.3 Å². The van der Waals surface area contributed by atoms with Gasteiger partial charge in [-0.2, -0.15) is 0 Å². The van der Waals surface area contributed by atoms with Gasteiger partial charge >= 0.3 is 0 Å². The number of rotatable bonds is 9. The molecule has 31 heavy (non-hydrogen) atoms. The van der Waals surface area contributed by atoms with Gasteiger partial charge in [-0.05, 0) is 56.3 Å². The molecule has 6 nitrogen and oxygen atoms in total. The molecule has 0 aliphatic heterocycles. The van der Waals surface area contributed by atoms with Gasteiger partial charge in [0.15, 0.2) is 10.9 Å². The molecule has 0 amide bonds. The monoisotopic (exact) mass is 452 g/mol. The van der Waals surface area contributed by atoms with Crippen LogP contribution in [-0.4, -0.2) is 30.9 Å². The lowest BCUT2D eigenvalue weighted by molar-refractivity contribution is 0.102. The van der Waals surface area contributed by atoms with Crippen molar-refractivity contribution in [3.05, 3.63) is 75.4 Å². The maximum Gasteiger partial charge on any atom is 0.191 e. The highest BCUT2D eigenvalue weighted by Crippen LogP contribution is 2.39. The number of thiophene rings is 1. The summed E-state index contributed by atoms with van der Waals surface area (Å²) in [5.74, 6) is 2.35. The Kier molecular flexibility index (Phi) is 5.58. The Hall–Kier alpha value is -2.58. The van der Waals surface area contributed by atoms with E-state index >= 15 is 0 Å². The van der Waals surface area contributed by atoms with Gasteiger partial charge in [-0.3, -0.25) is 4.79 Å². The van der Waals surface area contributed by atoms with Crippen molar-refractivity contribution in [2.45, 2.75) is 50.9 Å². The second kappa shape index (κ2) is 8.51. The minimum absolute atomic E-state index is 0.119. The Morgan fingerprint density at radius 1 is 1.26 bits per heavy atom. The first-order valence-electron chi connectivity index (χ1n) is 10.4. The second-order valence-electron chi connectivity index (χ2n) is 7.92. The quantitative estimate of drug-likeness (QED) is 0.255. The first-order valence-corrected chi connectivity index (χ1v) is 12.3. The Labute approximate surface area is 189 Å². The maximum absolute atomic E-state index is 13.1. The van der Waals surface area contributed by atoms with E-state index in [1.165, 1.54) is 16.6 Å². The van der Waals surface area contributed by atoms with Gasteiger partial charge in [0.25, 0.3) is 0 Å². The van der Waals surface area contributed by atoms with Crippen molar-refractivity contribution < 1.29 is 9.21 Å². The van der Waals surface area contributed by atoms with Crippen LogP contribution in [0.15, 0.2) is 51.5 Å². The lowest BCUT2D eigenvalue weighted by Gasteiger charge is -2.09. The van der Waals surface area contributed by atoms with Crippen LogP contribution in [-0.2, 0) is 13.0 Å². The Morgan fingerprint density at radius 3 is 2.84 bits per heavy atom. The van der Waals surface area contributed by atoms with E-state index in [0.717, 1.165) is 53.0 Å². The molecule has 0 unspecified atom stereocenters. The van der Waals surface area contributed by atoms with Crippen LogP contribution in [0.25, 0.3) is 0 Å².